The quantitative estimate of drug-likeness (QED) is 0.765. The molecule has 0 spiro atoms. The van der Waals surface area contributed by atoms with E-state index in [0.717, 1.165) is 5.56 Å². The molecule has 0 aromatic heterocycles. The van der Waals surface area contributed by atoms with Gasteiger partial charge in [0.15, 0.2) is 0 Å². The van der Waals surface area contributed by atoms with Crippen LogP contribution in [0.15, 0.2) is 54.6 Å². The van der Waals surface area contributed by atoms with Gasteiger partial charge in [0.05, 0.1) is 0 Å². The fourth-order valence-electron chi connectivity index (χ4n) is 2.08. The number of rotatable bonds is 6. The van der Waals surface area contributed by atoms with E-state index >= 15 is 0 Å². The van der Waals surface area contributed by atoms with Gasteiger partial charge >= 0.3 is 12.0 Å². The summed E-state index contributed by atoms with van der Waals surface area (Å²) in [5.41, 5.74) is 1.13. The summed E-state index contributed by atoms with van der Waals surface area (Å²) in [7, 11) is 0. The predicted molar refractivity (Wildman–Crippen MR) is 83.3 cm³/mol. The van der Waals surface area contributed by atoms with Crippen molar-refractivity contribution >= 4 is 12.0 Å². The van der Waals surface area contributed by atoms with Crippen molar-refractivity contribution < 1.29 is 19.1 Å². The van der Waals surface area contributed by atoms with Crippen LogP contribution in [0.25, 0.3) is 0 Å². The second-order valence-electron chi connectivity index (χ2n) is 5.00. The van der Waals surface area contributed by atoms with Crippen LogP contribution in [-0.2, 0) is 17.8 Å². The molecule has 3 N–H and O–H groups in total. The number of carbonyl (C=O) groups is 2. The van der Waals surface area contributed by atoms with Crippen LogP contribution >= 0.6 is 0 Å². The number of hydrogen-bond acceptors (Lipinski definition) is 2. The molecule has 0 saturated carbocycles. The molecular formula is C17H17FN2O3. The second kappa shape index (κ2) is 7.93. The molecule has 0 fully saturated rings. The summed E-state index contributed by atoms with van der Waals surface area (Å²) in [6.45, 7) is -0.0177. The molecule has 2 aromatic carbocycles. The summed E-state index contributed by atoms with van der Waals surface area (Å²) in [6.07, 6.45) is 0.170. The molecule has 5 nitrogen and oxygen atoms in total. The minimum absolute atomic E-state index is 0.0177. The highest BCUT2D eigenvalue weighted by molar-refractivity contribution is 5.82. The molecular weight excluding hydrogens is 299 g/mol. The van der Waals surface area contributed by atoms with Gasteiger partial charge in [0.25, 0.3) is 0 Å². The lowest BCUT2D eigenvalue weighted by Crippen LogP contribution is -2.46. The normalized spacial score (nSPS) is 11.5. The Kier molecular flexibility index (Phi) is 5.68. The van der Waals surface area contributed by atoms with E-state index in [-0.39, 0.29) is 13.0 Å². The van der Waals surface area contributed by atoms with Crippen LogP contribution in [0.2, 0.25) is 0 Å². The lowest BCUT2D eigenvalue weighted by molar-refractivity contribution is -0.139. The van der Waals surface area contributed by atoms with Gasteiger partial charge in [-0.15, -0.1) is 0 Å². The van der Waals surface area contributed by atoms with Crippen LogP contribution in [0.3, 0.4) is 0 Å². The zero-order valence-corrected chi connectivity index (χ0v) is 12.3. The van der Waals surface area contributed by atoms with Gasteiger partial charge in [-0.2, -0.15) is 0 Å². The van der Waals surface area contributed by atoms with Gasteiger partial charge in [-0.1, -0.05) is 48.5 Å². The van der Waals surface area contributed by atoms with Crippen LogP contribution in [0.5, 0.6) is 0 Å². The van der Waals surface area contributed by atoms with E-state index in [9.17, 15) is 19.1 Å². The zero-order chi connectivity index (χ0) is 16.7. The average Bonchev–Trinajstić information content (AvgIpc) is 2.54. The molecule has 2 aromatic rings. The lowest BCUT2D eigenvalue weighted by atomic mass is 10.1. The Labute approximate surface area is 133 Å². The highest BCUT2D eigenvalue weighted by Gasteiger charge is 2.20. The summed E-state index contributed by atoms with van der Waals surface area (Å²) < 4.78 is 13.5. The molecule has 0 bridgehead atoms. The average molecular weight is 316 g/mol. The number of amides is 2. The van der Waals surface area contributed by atoms with Crippen LogP contribution < -0.4 is 10.6 Å². The lowest BCUT2D eigenvalue weighted by Gasteiger charge is -2.15. The van der Waals surface area contributed by atoms with Gasteiger partial charge < -0.3 is 15.7 Å². The van der Waals surface area contributed by atoms with Gasteiger partial charge in [0, 0.05) is 18.5 Å². The molecule has 0 heterocycles. The number of halogens is 1. The van der Waals surface area contributed by atoms with Crippen molar-refractivity contribution in [3.63, 3.8) is 0 Å². The smallest absolute Gasteiger partial charge is 0.326 e. The first-order chi connectivity index (χ1) is 11.1. The molecule has 0 unspecified atom stereocenters. The molecule has 23 heavy (non-hydrogen) atoms. The molecule has 0 aliphatic heterocycles. The first-order valence-corrected chi connectivity index (χ1v) is 7.11. The third-order valence-corrected chi connectivity index (χ3v) is 3.28. The van der Waals surface area contributed by atoms with Crippen LogP contribution in [0, 0.1) is 5.82 Å². The molecule has 2 amide bonds. The monoisotopic (exact) mass is 316 g/mol. The number of carbonyl (C=O) groups excluding carboxylic acids is 1. The summed E-state index contributed by atoms with van der Waals surface area (Å²) in [5, 5.41) is 14.1. The molecule has 2 rings (SSSR count). The minimum atomic E-state index is -1.13. The maximum absolute atomic E-state index is 13.5. The standard InChI is InChI=1S/C17H17FN2O3/c18-14-9-5-4-8-13(14)11-19-17(23)20-15(16(21)22)10-12-6-2-1-3-7-12/h1-9,15H,10-11H2,(H,21,22)(H2,19,20,23)/t15-/m0/s1. The minimum Gasteiger partial charge on any atom is -0.480 e. The molecule has 0 radical (unpaired) electrons. The number of benzene rings is 2. The Hall–Kier alpha value is -2.89. The Morgan fingerprint density at radius 3 is 2.35 bits per heavy atom. The number of aliphatic carboxylic acids is 1. The highest BCUT2D eigenvalue weighted by Crippen LogP contribution is 2.06. The Morgan fingerprint density at radius 1 is 1.04 bits per heavy atom. The number of carboxylic acid groups (broad SMARTS) is 1. The molecule has 1 atom stereocenters. The van der Waals surface area contributed by atoms with Gasteiger partial charge in [-0.25, -0.2) is 14.0 Å². The van der Waals surface area contributed by atoms with E-state index in [0.29, 0.717) is 5.56 Å². The van der Waals surface area contributed by atoms with E-state index in [1.54, 1.807) is 42.5 Å². The number of nitrogens with one attached hydrogen (secondary N) is 2. The van der Waals surface area contributed by atoms with E-state index in [4.69, 9.17) is 0 Å². The first-order valence-electron chi connectivity index (χ1n) is 7.11. The Morgan fingerprint density at radius 2 is 1.70 bits per heavy atom. The number of hydrogen-bond donors (Lipinski definition) is 3. The maximum atomic E-state index is 13.5. The SMILES string of the molecule is O=C(NCc1ccccc1F)N[C@@H](Cc1ccccc1)C(=O)O. The molecule has 6 heteroatoms. The van der Waals surface area contributed by atoms with E-state index < -0.39 is 23.9 Å². The topological polar surface area (TPSA) is 78.4 Å². The third-order valence-electron chi connectivity index (χ3n) is 3.28. The van der Waals surface area contributed by atoms with Crippen molar-refractivity contribution in [3.8, 4) is 0 Å². The molecule has 0 aliphatic carbocycles. The van der Waals surface area contributed by atoms with Crippen LogP contribution in [0.1, 0.15) is 11.1 Å². The second-order valence-corrected chi connectivity index (χ2v) is 5.00. The van der Waals surface area contributed by atoms with Crippen molar-refractivity contribution in [2.24, 2.45) is 0 Å². The van der Waals surface area contributed by atoms with Crippen molar-refractivity contribution in [2.75, 3.05) is 0 Å². The fraction of sp³-hybridized carbons (Fsp3) is 0.176. The summed E-state index contributed by atoms with van der Waals surface area (Å²) in [6, 6.07) is 13.3. The van der Waals surface area contributed by atoms with Gasteiger partial charge in [-0.3, -0.25) is 0 Å². The Bertz CT molecular complexity index is 677. The zero-order valence-electron chi connectivity index (χ0n) is 12.3. The molecule has 120 valence electrons. The van der Waals surface area contributed by atoms with Crippen LogP contribution in [-0.4, -0.2) is 23.1 Å². The molecule has 0 aliphatic rings. The molecule has 0 saturated heterocycles. The Balaban J connectivity index is 1.91. The summed E-state index contributed by atoms with van der Waals surface area (Å²) in [5.74, 6) is -1.55. The van der Waals surface area contributed by atoms with Crippen molar-refractivity contribution in [1.29, 1.82) is 0 Å². The van der Waals surface area contributed by atoms with Crippen molar-refractivity contribution in [1.82, 2.24) is 10.6 Å². The van der Waals surface area contributed by atoms with E-state index in [1.807, 2.05) is 6.07 Å². The third kappa shape index (κ3) is 5.10. The fourth-order valence-corrected chi connectivity index (χ4v) is 2.08. The van der Waals surface area contributed by atoms with Gasteiger partial charge in [0.1, 0.15) is 11.9 Å². The van der Waals surface area contributed by atoms with Crippen LogP contribution in [0.4, 0.5) is 9.18 Å². The van der Waals surface area contributed by atoms with Gasteiger partial charge in [-0.05, 0) is 11.6 Å². The maximum Gasteiger partial charge on any atom is 0.326 e. The van der Waals surface area contributed by atoms with Crippen molar-refractivity contribution in [2.45, 2.75) is 19.0 Å². The van der Waals surface area contributed by atoms with E-state index in [2.05, 4.69) is 10.6 Å². The number of urea groups is 1. The number of carboxylic acids is 1. The largest absolute Gasteiger partial charge is 0.480 e. The highest BCUT2D eigenvalue weighted by atomic mass is 19.1. The summed E-state index contributed by atoms with van der Waals surface area (Å²) in [4.78, 5) is 23.1. The van der Waals surface area contributed by atoms with Crippen molar-refractivity contribution in [3.05, 3.63) is 71.5 Å². The first kappa shape index (κ1) is 16.5. The summed E-state index contributed by atoms with van der Waals surface area (Å²) >= 11 is 0. The van der Waals surface area contributed by atoms with Gasteiger partial charge in [0.2, 0.25) is 0 Å². The predicted octanol–water partition coefficient (Wildman–Crippen LogP) is 2.32. The van der Waals surface area contributed by atoms with E-state index in [1.165, 1.54) is 6.07 Å².